The number of carbonyl (C=O) groups is 3. The lowest BCUT2D eigenvalue weighted by molar-refractivity contribution is -0.141. The predicted molar refractivity (Wildman–Crippen MR) is 153 cm³/mol. The van der Waals surface area contributed by atoms with Crippen molar-refractivity contribution in [2.75, 3.05) is 32.6 Å². The first-order chi connectivity index (χ1) is 18.7. The fourth-order valence-corrected chi connectivity index (χ4v) is 4.78. The number of anilines is 1. The maximum Gasteiger partial charge on any atom is 0.255 e. The Labute approximate surface area is 231 Å². The van der Waals surface area contributed by atoms with E-state index in [0.29, 0.717) is 29.8 Å². The second-order valence-electron chi connectivity index (χ2n) is 10.4. The van der Waals surface area contributed by atoms with E-state index in [9.17, 15) is 14.4 Å². The summed E-state index contributed by atoms with van der Waals surface area (Å²) in [5.74, 6) is -0.722. The minimum absolute atomic E-state index is 0.0864. The molecule has 3 rings (SSSR count). The van der Waals surface area contributed by atoms with Gasteiger partial charge in [0.15, 0.2) is 0 Å². The number of rotatable bonds is 6. The topological polar surface area (TPSA) is 97.0 Å². The van der Waals surface area contributed by atoms with Gasteiger partial charge in [0.25, 0.3) is 5.91 Å². The third kappa shape index (κ3) is 7.77. The van der Waals surface area contributed by atoms with Crippen molar-refractivity contribution in [1.82, 2.24) is 10.2 Å². The lowest BCUT2D eigenvalue weighted by Crippen LogP contribution is -2.54. The molecule has 0 fully saturated rings. The molecule has 0 aromatic heterocycles. The number of nitrogens with zero attached hydrogens (tertiary/aromatic N) is 1. The average molecular weight is 536 g/mol. The first kappa shape index (κ1) is 30.1. The van der Waals surface area contributed by atoms with Crippen molar-refractivity contribution < 1.29 is 23.9 Å². The minimum atomic E-state index is -0.707. The van der Waals surface area contributed by atoms with Gasteiger partial charge in [-0.3, -0.25) is 14.4 Å². The molecule has 0 aliphatic carbocycles. The van der Waals surface area contributed by atoms with Gasteiger partial charge in [0.05, 0.1) is 0 Å². The fraction of sp³-hybridized carbons (Fsp3) is 0.452. The predicted octanol–water partition coefficient (Wildman–Crippen LogP) is 4.68. The van der Waals surface area contributed by atoms with Gasteiger partial charge in [0, 0.05) is 50.2 Å². The maximum absolute atomic E-state index is 14.0. The second kappa shape index (κ2) is 14.1. The Morgan fingerprint density at radius 2 is 1.72 bits per heavy atom. The van der Waals surface area contributed by atoms with Crippen molar-refractivity contribution in [3.8, 4) is 0 Å². The molecule has 1 aliphatic heterocycles. The molecule has 8 nitrogen and oxygen atoms in total. The van der Waals surface area contributed by atoms with Crippen LogP contribution < -0.4 is 10.6 Å². The third-order valence-corrected chi connectivity index (χ3v) is 7.06. The molecule has 2 aromatic carbocycles. The summed E-state index contributed by atoms with van der Waals surface area (Å²) in [6.45, 7) is 8.78. The molecule has 39 heavy (non-hydrogen) atoms. The molecule has 0 unspecified atom stereocenters. The van der Waals surface area contributed by atoms with Gasteiger partial charge in [-0.1, -0.05) is 64.4 Å². The van der Waals surface area contributed by atoms with Gasteiger partial charge in [-0.05, 0) is 41.7 Å². The van der Waals surface area contributed by atoms with Gasteiger partial charge < -0.3 is 25.0 Å². The Kier molecular flexibility index (Phi) is 10.8. The van der Waals surface area contributed by atoms with Crippen molar-refractivity contribution in [3.05, 3.63) is 71.3 Å². The number of carbonyl (C=O) groups excluding carboxylic acids is 3. The fourth-order valence-electron chi connectivity index (χ4n) is 4.78. The van der Waals surface area contributed by atoms with E-state index in [1.807, 2.05) is 58.0 Å². The molecule has 0 spiro atoms. The molecule has 0 saturated heterocycles. The molecule has 1 aliphatic rings. The number of amides is 3. The van der Waals surface area contributed by atoms with E-state index < -0.39 is 18.2 Å². The smallest absolute Gasteiger partial charge is 0.255 e. The molecule has 4 atom stereocenters. The van der Waals surface area contributed by atoms with Crippen molar-refractivity contribution >= 4 is 29.5 Å². The molecule has 0 radical (unpaired) electrons. The van der Waals surface area contributed by atoms with Crippen LogP contribution in [0.5, 0.6) is 0 Å². The van der Waals surface area contributed by atoms with Crippen LogP contribution >= 0.6 is 0 Å². The standard InChI is InChI=1S/C31H41N3O5/c1-7-21(4)28-31(37)34(18-20(2)3)19-26(38-5)29(39-6)24-13-8-9-14-25(24)32-30(36)23-12-10-11-22(17-23)15-16-27(35)33-28/h8-17,20-21,26,28-29H,7,18-19H2,1-6H3,(H,32,36)(H,33,35)/b16-15+/t21-,26+,28-,29+/m0/s1. The SMILES string of the molecule is CC[C@H](C)[C@@H]1NC(=O)/C=C/c2cccc(c2)C(=O)Nc2ccccc2[C@@H](OC)[C@H](OC)CN(CC(C)C)C1=O. The summed E-state index contributed by atoms with van der Waals surface area (Å²) >= 11 is 0. The average Bonchev–Trinajstić information content (AvgIpc) is 2.93. The van der Waals surface area contributed by atoms with Crippen LogP contribution in [-0.4, -0.2) is 62.1 Å². The zero-order valence-electron chi connectivity index (χ0n) is 23.8. The lowest BCUT2D eigenvalue weighted by atomic mass is 9.96. The molecule has 210 valence electrons. The van der Waals surface area contributed by atoms with E-state index in [0.717, 1.165) is 5.56 Å². The molecule has 8 heteroatoms. The third-order valence-electron chi connectivity index (χ3n) is 7.06. The molecule has 0 saturated carbocycles. The van der Waals surface area contributed by atoms with Crippen LogP contribution in [0.3, 0.4) is 0 Å². The zero-order valence-corrected chi connectivity index (χ0v) is 23.8. The summed E-state index contributed by atoms with van der Waals surface area (Å²) in [4.78, 5) is 42.0. The Bertz CT molecular complexity index is 1180. The van der Waals surface area contributed by atoms with Crippen LogP contribution in [0.15, 0.2) is 54.6 Å². The van der Waals surface area contributed by atoms with E-state index in [-0.39, 0.29) is 36.1 Å². The summed E-state index contributed by atoms with van der Waals surface area (Å²) in [5.41, 5.74) is 2.48. The number of hydrogen-bond acceptors (Lipinski definition) is 5. The highest BCUT2D eigenvalue weighted by molar-refractivity contribution is 6.05. The Morgan fingerprint density at radius 3 is 2.38 bits per heavy atom. The summed E-state index contributed by atoms with van der Waals surface area (Å²) in [7, 11) is 3.17. The largest absolute Gasteiger partial charge is 0.377 e. The number of para-hydroxylation sites is 1. The van der Waals surface area contributed by atoms with Crippen molar-refractivity contribution in [3.63, 3.8) is 0 Å². The molecule has 2 aromatic rings. The normalized spacial score (nSPS) is 22.5. The maximum atomic E-state index is 14.0. The van der Waals surface area contributed by atoms with Crippen molar-refractivity contribution in [2.45, 2.75) is 52.4 Å². The Morgan fingerprint density at radius 1 is 0.974 bits per heavy atom. The van der Waals surface area contributed by atoms with Crippen LogP contribution in [-0.2, 0) is 19.1 Å². The zero-order chi connectivity index (χ0) is 28.5. The van der Waals surface area contributed by atoms with Crippen LogP contribution in [0.2, 0.25) is 0 Å². The molecule has 2 bridgehead atoms. The lowest BCUT2D eigenvalue weighted by Gasteiger charge is -2.36. The molecule has 1 heterocycles. The molecule has 2 N–H and O–H groups in total. The van der Waals surface area contributed by atoms with Crippen molar-refractivity contribution in [1.29, 1.82) is 0 Å². The first-order valence-electron chi connectivity index (χ1n) is 13.5. The van der Waals surface area contributed by atoms with Gasteiger partial charge >= 0.3 is 0 Å². The van der Waals surface area contributed by atoms with E-state index in [2.05, 4.69) is 10.6 Å². The molecular weight excluding hydrogens is 494 g/mol. The summed E-state index contributed by atoms with van der Waals surface area (Å²) in [6, 6.07) is 13.7. The van der Waals surface area contributed by atoms with Crippen LogP contribution in [0.4, 0.5) is 5.69 Å². The van der Waals surface area contributed by atoms with Crippen LogP contribution in [0.25, 0.3) is 6.08 Å². The summed E-state index contributed by atoms with van der Waals surface area (Å²) < 4.78 is 11.8. The highest BCUT2D eigenvalue weighted by atomic mass is 16.5. The Hall–Kier alpha value is -3.49. The van der Waals surface area contributed by atoms with Crippen molar-refractivity contribution in [2.24, 2.45) is 11.8 Å². The van der Waals surface area contributed by atoms with Crippen LogP contribution in [0.1, 0.15) is 61.7 Å². The minimum Gasteiger partial charge on any atom is -0.377 e. The van der Waals surface area contributed by atoms with E-state index in [1.165, 1.54) is 6.08 Å². The van der Waals surface area contributed by atoms with Gasteiger partial charge in [-0.2, -0.15) is 0 Å². The van der Waals surface area contributed by atoms with Crippen LogP contribution in [0, 0.1) is 11.8 Å². The Balaban J connectivity index is 2.15. The van der Waals surface area contributed by atoms with E-state index in [1.54, 1.807) is 43.4 Å². The van der Waals surface area contributed by atoms with Gasteiger partial charge in [0.2, 0.25) is 11.8 Å². The second-order valence-corrected chi connectivity index (χ2v) is 10.4. The highest BCUT2D eigenvalue weighted by Crippen LogP contribution is 2.31. The van der Waals surface area contributed by atoms with E-state index >= 15 is 0 Å². The van der Waals surface area contributed by atoms with Gasteiger partial charge in [0.1, 0.15) is 18.2 Å². The van der Waals surface area contributed by atoms with Gasteiger partial charge in [-0.25, -0.2) is 0 Å². The summed E-state index contributed by atoms with van der Waals surface area (Å²) in [6.07, 6.45) is 2.65. The number of benzene rings is 2. The number of fused-ring (bicyclic) bond motifs is 3. The number of hydrogen-bond donors (Lipinski definition) is 2. The molecular formula is C31H41N3O5. The number of methoxy groups -OCH3 is 2. The quantitative estimate of drug-likeness (QED) is 0.560. The summed E-state index contributed by atoms with van der Waals surface area (Å²) in [5, 5.41) is 5.94. The van der Waals surface area contributed by atoms with Gasteiger partial charge in [-0.15, -0.1) is 0 Å². The first-order valence-corrected chi connectivity index (χ1v) is 13.5. The monoisotopic (exact) mass is 535 g/mol. The number of ether oxygens (including phenoxy) is 2. The highest BCUT2D eigenvalue weighted by Gasteiger charge is 2.34. The molecule has 3 amide bonds. The number of nitrogens with one attached hydrogen (secondary N) is 2. The van der Waals surface area contributed by atoms with E-state index in [4.69, 9.17) is 9.47 Å².